The molecule has 0 aliphatic carbocycles. The topological polar surface area (TPSA) is 65.7 Å². The lowest BCUT2D eigenvalue weighted by atomic mass is 10.3. The molecule has 0 unspecified atom stereocenters. The minimum Gasteiger partial charge on any atom is -0.444 e. The molecule has 1 aromatic carbocycles. The highest BCUT2D eigenvalue weighted by atomic mass is 16.4. The molecule has 0 saturated carbocycles. The monoisotopic (exact) mass is 343 g/mol. The lowest BCUT2D eigenvalue weighted by Gasteiger charge is -2.19. The molecule has 6 heteroatoms. The summed E-state index contributed by atoms with van der Waals surface area (Å²) in [5.74, 6) is 2.29. The van der Waals surface area contributed by atoms with Crippen molar-refractivity contribution < 1.29 is 4.42 Å². The highest BCUT2D eigenvalue weighted by molar-refractivity contribution is 5.79. The lowest BCUT2D eigenvalue weighted by Crippen LogP contribution is -2.38. The van der Waals surface area contributed by atoms with E-state index in [2.05, 4.69) is 63.7 Å². The number of hydrogen-bond donors (Lipinski definition) is 2. The number of rotatable bonds is 8. The van der Waals surface area contributed by atoms with Crippen molar-refractivity contribution >= 4 is 11.6 Å². The summed E-state index contributed by atoms with van der Waals surface area (Å²) in [5, 5.41) is 6.61. The molecule has 2 rings (SSSR count). The smallest absolute Gasteiger partial charge is 0.216 e. The van der Waals surface area contributed by atoms with E-state index >= 15 is 0 Å². The number of aromatic nitrogens is 1. The van der Waals surface area contributed by atoms with Gasteiger partial charge < -0.3 is 20.0 Å². The summed E-state index contributed by atoms with van der Waals surface area (Å²) in [4.78, 5) is 11.2. The van der Waals surface area contributed by atoms with Crippen molar-refractivity contribution in [1.29, 1.82) is 0 Å². The quantitative estimate of drug-likeness (QED) is 0.438. The summed E-state index contributed by atoms with van der Waals surface area (Å²) in [6, 6.07) is 10.4. The van der Waals surface area contributed by atoms with Gasteiger partial charge in [-0.3, -0.25) is 0 Å². The number of nitrogens with one attached hydrogen (secondary N) is 2. The highest BCUT2D eigenvalue weighted by Gasteiger charge is 2.05. The van der Waals surface area contributed by atoms with Gasteiger partial charge in [0.15, 0.2) is 5.96 Å². The summed E-state index contributed by atoms with van der Waals surface area (Å²) < 4.78 is 5.57. The lowest BCUT2D eigenvalue weighted by molar-refractivity contribution is 0.473. The number of benzene rings is 1. The molecule has 0 bridgehead atoms. The molecule has 0 radical (unpaired) electrons. The fraction of sp³-hybridized carbons (Fsp3) is 0.474. The van der Waals surface area contributed by atoms with Gasteiger partial charge in [-0.2, -0.15) is 0 Å². The van der Waals surface area contributed by atoms with E-state index in [0.717, 1.165) is 43.5 Å². The molecule has 136 valence electrons. The minimum absolute atomic E-state index is 0.438. The van der Waals surface area contributed by atoms with Crippen LogP contribution in [0.1, 0.15) is 30.7 Å². The summed E-state index contributed by atoms with van der Waals surface area (Å²) in [6.45, 7) is 9.01. The zero-order valence-corrected chi connectivity index (χ0v) is 15.7. The minimum atomic E-state index is 0.438. The first-order chi connectivity index (χ1) is 12.1. The van der Waals surface area contributed by atoms with Crippen molar-refractivity contribution in [2.75, 3.05) is 31.6 Å². The number of oxazole rings is 1. The second-order valence-corrected chi connectivity index (χ2v) is 5.98. The van der Waals surface area contributed by atoms with Gasteiger partial charge in [-0.1, -0.05) is 18.2 Å². The van der Waals surface area contributed by atoms with E-state index in [4.69, 9.17) is 4.42 Å². The Morgan fingerprint density at radius 2 is 1.96 bits per heavy atom. The summed E-state index contributed by atoms with van der Waals surface area (Å²) in [7, 11) is 2.11. The number of nitrogens with zero attached hydrogens (tertiary/aromatic N) is 3. The van der Waals surface area contributed by atoms with Crippen molar-refractivity contribution in [2.24, 2.45) is 4.99 Å². The maximum absolute atomic E-state index is 5.57. The molecule has 6 nitrogen and oxygen atoms in total. The van der Waals surface area contributed by atoms with E-state index in [9.17, 15) is 0 Å². The summed E-state index contributed by atoms with van der Waals surface area (Å²) in [5.41, 5.74) is 2.16. The van der Waals surface area contributed by atoms with Gasteiger partial charge in [0.05, 0.1) is 5.69 Å². The zero-order chi connectivity index (χ0) is 18.1. The van der Waals surface area contributed by atoms with Gasteiger partial charge in [-0.15, -0.1) is 0 Å². The zero-order valence-electron chi connectivity index (χ0n) is 15.7. The van der Waals surface area contributed by atoms with Crippen molar-refractivity contribution in [1.82, 2.24) is 15.6 Å². The average Bonchev–Trinajstić information content (AvgIpc) is 2.95. The molecule has 0 amide bonds. The van der Waals surface area contributed by atoms with Gasteiger partial charge in [0.1, 0.15) is 12.3 Å². The van der Waals surface area contributed by atoms with E-state index in [1.54, 1.807) is 0 Å². The summed E-state index contributed by atoms with van der Waals surface area (Å²) >= 11 is 0. The normalized spacial score (nSPS) is 11.4. The number of aliphatic imine (C=N–C) groups is 1. The molecule has 0 fully saturated rings. The molecular formula is C19H29N5O. The number of aryl methyl sites for hydroxylation is 2. The second kappa shape index (κ2) is 9.71. The van der Waals surface area contributed by atoms with Gasteiger partial charge in [-0.25, -0.2) is 9.98 Å². The Bertz CT molecular complexity index is 646. The van der Waals surface area contributed by atoms with Crippen LogP contribution in [0.5, 0.6) is 0 Å². The second-order valence-electron chi connectivity index (χ2n) is 5.98. The number of guanidine groups is 1. The Balaban J connectivity index is 1.78. The molecule has 0 atom stereocenters. The Morgan fingerprint density at radius 1 is 1.20 bits per heavy atom. The van der Waals surface area contributed by atoms with Gasteiger partial charge >= 0.3 is 0 Å². The molecule has 0 aliphatic heterocycles. The molecule has 1 heterocycles. The molecule has 0 aliphatic rings. The van der Waals surface area contributed by atoms with Gasteiger partial charge in [0.2, 0.25) is 5.89 Å². The molecule has 25 heavy (non-hydrogen) atoms. The van der Waals surface area contributed by atoms with Gasteiger partial charge in [0.25, 0.3) is 0 Å². The van der Waals surface area contributed by atoms with E-state index in [0.29, 0.717) is 12.4 Å². The third kappa shape index (κ3) is 6.14. The van der Waals surface area contributed by atoms with Gasteiger partial charge in [-0.05, 0) is 39.3 Å². The molecular weight excluding hydrogens is 314 g/mol. The standard InChI is InChI=1S/C19H29N5O/c1-5-20-19(22-14-18-23-15(2)16(3)25-18)21-12-9-13-24(4)17-10-7-6-8-11-17/h6-8,10-11H,5,9,12-14H2,1-4H3,(H2,20,21,22). The SMILES string of the molecule is CCNC(=NCc1nc(C)c(C)o1)NCCCN(C)c1ccccc1. The Morgan fingerprint density at radius 3 is 2.60 bits per heavy atom. The predicted molar refractivity (Wildman–Crippen MR) is 103 cm³/mol. The summed E-state index contributed by atoms with van der Waals surface area (Å²) in [6.07, 6.45) is 1.02. The first-order valence-corrected chi connectivity index (χ1v) is 8.81. The maximum Gasteiger partial charge on any atom is 0.216 e. The first kappa shape index (κ1) is 18.8. The molecule has 2 aromatic rings. The van der Waals surface area contributed by atoms with E-state index < -0.39 is 0 Å². The Kier molecular flexibility index (Phi) is 7.32. The Labute approximate surface area is 150 Å². The van der Waals surface area contributed by atoms with Crippen molar-refractivity contribution in [3.05, 3.63) is 47.7 Å². The van der Waals surface area contributed by atoms with Crippen LogP contribution >= 0.6 is 0 Å². The largest absolute Gasteiger partial charge is 0.444 e. The van der Waals surface area contributed by atoms with E-state index in [1.807, 2.05) is 19.9 Å². The van der Waals surface area contributed by atoms with Crippen LogP contribution in [-0.2, 0) is 6.54 Å². The van der Waals surface area contributed by atoms with Crippen LogP contribution in [0, 0.1) is 13.8 Å². The predicted octanol–water partition coefficient (Wildman–Crippen LogP) is 2.87. The third-order valence-electron chi connectivity index (χ3n) is 3.95. The van der Waals surface area contributed by atoms with Crippen LogP contribution in [0.4, 0.5) is 5.69 Å². The van der Waals surface area contributed by atoms with Crippen molar-refractivity contribution in [3.63, 3.8) is 0 Å². The van der Waals surface area contributed by atoms with E-state index in [1.165, 1.54) is 5.69 Å². The van der Waals surface area contributed by atoms with Crippen LogP contribution in [0.15, 0.2) is 39.7 Å². The number of para-hydroxylation sites is 1. The molecule has 0 saturated heterocycles. The first-order valence-electron chi connectivity index (χ1n) is 8.81. The van der Waals surface area contributed by atoms with Crippen molar-refractivity contribution in [2.45, 2.75) is 33.7 Å². The number of hydrogen-bond acceptors (Lipinski definition) is 4. The van der Waals surface area contributed by atoms with Gasteiger partial charge in [0, 0.05) is 32.4 Å². The van der Waals surface area contributed by atoms with Crippen LogP contribution in [0.3, 0.4) is 0 Å². The van der Waals surface area contributed by atoms with Crippen LogP contribution in [-0.4, -0.2) is 37.6 Å². The fourth-order valence-corrected chi connectivity index (χ4v) is 2.43. The molecule has 0 spiro atoms. The highest BCUT2D eigenvalue weighted by Crippen LogP contribution is 2.11. The van der Waals surface area contributed by atoms with E-state index in [-0.39, 0.29) is 0 Å². The number of anilines is 1. The van der Waals surface area contributed by atoms with Crippen molar-refractivity contribution in [3.8, 4) is 0 Å². The van der Waals surface area contributed by atoms with Crippen LogP contribution in [0.25, 0.3) is 0 Å². The maximum atomic E-state index is 5.57. The third-order valence-corrected chi connectivity index (χ3v) is 3.95. The van der Waals surface area contributed by atoms with Crippen LogP contribution in [0.2, 0.25) is 0 Å². The molecule has 1 aromatic heterocycles. The average molecular weight is 343 g/mol. The molecule has 2 N–H and O–H groups in total. The van der Waals surface area contributed by atoms with Crippen LogP contribution < -0.4 is 15.5 Å². The Hall–Kier alpha value is -2.50. The fourth-order valence-electron chi connectivity index (χ4n) is 2.43.